The second kappa shape index (κ2) is 27.9. The van der Waals surface area contributed by atoms with Crippen molar-refractivity contribution < 1.29 is 66.7 Å². The Kier molecular flexibility index (Phi) is 19.1. The molecule has 6 atom stereocenters. The third-order valence-electron chi connectivity index (χ3n) is 22.3. The number of hydrogen-bond donors (Lipinski definition) is 0. The molecular formula is C90H100N4O14. The van der Waals surface area contributed by atoms with Crippen molar-refractivity contribution in [2.75, 3.05) is 52.6 Å². The van der Waals surface area contributed by atoms with Gasteiger partial charge >= 0.3 is 0 Å². The summed E-state index contributed by atoms with van der Waals surface area (Å²) in [6.45, 7) is 36.5. The minimum absolute atomic E-state index is 0.00228. The lowest BCUT2D eigenvalue weighted by Crippen LogP contribution is -2.58. The van der Waals surface area contributed by atoms with Crippen molar-refractivity contribution in [1.82, 2.24) is 19.6 Å². The van der Waals surface area contributed by atoms with E-state index >= 15 is 28.8 Å². The van der Waals surface area contributed by atoms with E-state index in [-0.39, 0.29) is 115 Å². The Balaban J connectivity index is 1.07. The Morgan fingerprint density at radius 1 is 0.380 bits per heavy atom. The zero-order valence-corrected chi connectivity index (χ0v) is 65.2. The SMILES string of the molecule is CC(C)C(C(=O)N(CCC1CO1)CCC1CO1)N1C(=O)c2cc(Oc3ccc(C(C)(C)C)cc3)c3c4c(Oc5ccc(C(C)(C)C)cc5)cc5c6c(cc(Oc7ccc(C(C)(C)C)cc7)c(c7c(Oc8ccc(C(C)(C)C)cc8)cc(c2c37)C1=O)c64)C(=O)N(C(C(=O)N(CCC1CO1)CC1CCO1)C(C)C)C5=O. The van der Waals surface area contributed by atoms with Crippen LogP contribution in [-0.2, 0) is 50.2 Å². The molecule has 6 aliphatic heterocycles. The first kappa shape index (κ1) is 74.0. The first-order valence-corrected chi connectivity index (χ1v) is 38.5. The van der Waals surface area contributed by atoms with Crippen LogP contribution >= 0.6 is 0 Å². The summed E-state index contributed by atoms with van der Waals surface area (Å²) in [7, 11) is 0. The van der Waals surface area contributed by atoms with Crippen molar-refractivity contribution in [2.24, 2.45) is 11.8 Å². The fourth-order valence-electron chi connectivity index (χ4n) is 15.6. The van der Waals surface area contributed by atoms with Crippen LogP contribution in [0.1, 0.15) is 200 Å². The minimum Gasteiger partial charge on any atom is -0.457 e. The third-order valence-corrected chi connectivity index (χ3v) is 22.3. The van der Waals surface area contributed by atoms with Gasteiger partial charge < -0.3 is 47.7 Å². The molecule has 108 heavy (non-hydrogen) atoms. The van der Waals surface area contributed by atoms with Gasteiger partial charge in [0.15, 0.2) is 0 Å². The standard InChI is InChI=1S/C90H100N4O14/c1-49(2)79(85(99)91(37-33-60-46-102-60)38-34-61-47-103-61)93-81(95)63-41-67(105-55-25-17-51(18-26-55)87(5,6)7)73-75-69(107-57-29-21-53(22-30-57)89(11,12)13)43-65-72-66(84(98)94(83(65)97)80(50(3)4)86(100)92(39-35-62-48-104-62)45-59-36-40-101-59)44-70(108-58-31-23-54(24-32-58)90(14,15)16)76(78(72)75)74-68(42-64(82(93)96)71(63)77(73)74)106-56-27-19-52(20-28-56)88(8,9)10/h17-32,41-44,49-50,59-62,79-80H,33-40,45-48H2,1-16H3. The fourth-order valence-corrected chi connectivity index (χ4v) is 15.6. The molecule has 0 N–H and O–H groups in total. The van der Waals surface area contributed by atoms with E-state index in [0.29, 0.717) is 121 Å². The van der Waals surface area contributed by atoms with Crippen molar-refractivity contribution in [1.29, 1.82) is 0 Å². The molecule has 0 aliphatic carbocycles. The predicted octanol–water partition coefficient (Wildman–Crippen LogP) is 18.2. The molecule has 15 rings (SSSR count). The summed E-state index contributed by atoms with van der Waals surface area (Å²) in [5.41, 5.74) is 3.39. The molecule has 0 spiro atoms. The Bertz CT molecular complexity index is 4780. The first-order chi connectivity index (χ1) is 51.2. The Morgan fingerprint density at radius 2 is 0.630 bits per heavy atom. The minimum atomic E-state index is -1.30. The zero-order chi connectivity index (χ0) is 76.5. The van der Waals surface area contributed by atoms with Crippen molar-refractivity contribution in [3.8, 4) is 46.0 Å². The molecule has 6 aliphatic rings. The van der Waals surface area contributed by atoms with E-state index in [9.17, 15) is 0 Å². The number of carbonyl (C=O) groups excluding carboxylic acids is 6. The molecule has 18 heteroatoms. The van der Waals surface area contributed by atoms with Gasteiger partial charge in [0.1, 0.15) is 58.1 Å². The van der Waals surface area contributed by atoms with Gasteiger partial charge in [0.2, 0.25) is 11.8 Å². The number of rotatable bonds is 25. The third kappa shape index (κ3) is 14.3. The summed E-state index contributed by atoms with van der Waals surface area (Å²) in [5, 5.41) is 2.49. The number of hydrogen-bond acceptors (Lipinski definition) is 14. The molecule has 6 unspecified atom stereocenters. The molecule has 564 valence electrons. The van der Waals surface area contributed by atoms with Gasteiger partial charge in [-0.25, -0.2) is 0 Å². The van der Waals surface area contributed by atoms with E-state index in [4.69, 9.17) is 37.9 Å². The van der Waals surface area contributed by atoms with Crippen LogP contribution in [0.5, 0.6) is 46.0 Å². The monoisotopic (exact) mass is 1460 g/mol. The highest BCUT2D eigenvalue weighted by Crippen LogP contribution is 2.59. The number of ether oxygens (including phenoxy) is 8. The van der Waals surface area contributed by atoms with Crippen LogP contribution in [0.15, 0.2) is 121 Å². The summed E-state index contributed by atoms with van der Waals surface area (Å²) < 4.78 is 52.6. The van der Waals surface area contributed by atoms with Crippen LogP contribution in [0.4, 0.5) is 0 Å². The lowest BCUT2D eigenvalue weighted by Gasteiger charge is -2.40. The number of epoxide rings is 3. The second-order valence-electron chi connectivity index (χ2n) is 35.2. The normalized spacial score (nSPS) is 19.1. The summed E-state index contributed by atoms with van der Waals surface area (Å²) in [4.78, 5) is 104. The van der Waals surface area contributed by atoms with Crippen LogP contribution in [0.25, 0.3) is 43.1 Å². The van der Waals surface area contributed by atoms with Crippen LogP contribution < -0.4 is 18.9 Å². The van der Waals surface area contributed by atoms with E-state index in [0.717, 1.165) is 38.5 Å². The lowest BCUT2D eigenvalue weighted by molar-refractivity contribution is -0.142. The van der Waals surface area contributed by atoms with Gasteiger partial charge in [-0.05, 0) is 154 Å². The highest BCUT2D eigenvalue weighted by atomic mass is 16.6. The molecule has 4 fully saturated rings. The number of carbonyl (C=O) groups is 6. The Morgan fingerprint density at radius 3 is 0.852 bits per heavy atom. The summed E-state index contributed by atoms with van der Waals surface area (Å²) in [6, 6.07) is 35.1. The number of fused-ring (bicyclic) bond motifs is 2. The molecule has 6 heterocycles. The molecule has 9 aromatic carbocycles. The van der Waals surface area contributed by atoms with Crippen molar-refractivity contribution >= 4 is 78.5 Å². The lowest BCUT2D eigenvalue weighted by atomic mass is 9.80. The topological polar surface area (TPSA) is 199 Å². The molecule has 6 amide bonds. The van der Waals surface area contributed by atoms with Crippen molar-refractivity contribution in [3.05, 3.63) is 166 Å². The molecule has 4 saturated heterocycles. The molecular weight excluding hydrogens is 1360 g/mol. The quantitative estimate of drug-likeness (QED) is 0.0226. The van der Waals surface area contributed by atoms with Crippen molar-refractivity contribution in [3.63, 3.8) is 0 Å². The molecule has 0 aromatic heterocycles. The molecule has 0 radical (unpaired) electrons. The van der Waals surface area contributed by atoms with Gasteiger partial charge in [0, 0.05) is 75.9 Å². The summed E-state index contributed by atoms with van der Waals surface area (Å²) in [6.07, 6.45) is 2.25. The average Bonchev–Trinajstić information content (AvgIpc) is 0.786. The van der Waals surface area contributed by atoms with E-state index in [2.05, 4.69) is 83.1 Å². The summed E-state index contributed by atoms with van der Waals surface area (Å²) in [5.74, 6) is -2.73. The Hall–Kier alpha value is -9.46. The first-order valence-electron chi connectivity index (χ1n) is 38.5. The maximum absolute atomic E-state index is 16.7. The Labute approximate surface area is 632 Å². The average molecular weight is 1460 g/mol. The van der Waals surface area contributed by atoms with E-state index in [1.54, 1.807) is 34.1 Å². The van der Waals surface area contributed by atoms with Crippen LogP contribution in [0, 0.1) is 11.8 Å². The number of amides is 6. The van der Waals surface area contributed by atoms with E-state index in [1.165, 1.54) is 0 Å². The number of benzene rings is 9. The van der Waals surface area contributed by atoms with Gasteiger partial charge in [-0.1, -0.05) is 159 Å². The molecule has 9 aromatic rings. The maximum atomic E-state index is 16.7. The van der Waals surface area contributed by atoms with Gasteiger partial charge in [-0.2, -0.15) is 0 Å². The van der Waals surface area contributed by atoms with Crippen LogP contribution in [0.3, 0.4) is 0 Å². The number of nitrogens with zero attached hydrogens (tertiary/aromatic N) is 4. The summed E-state index contributed by atoms with van der Waals surface area (Å²) >= 11 is 0. The zero-order valence-electron chi connectivity index (χ0n) is 65.2. The smallest absolute Gasteiger partial charge is 0.262 e. The predicted molar refractivity (Wildman–Crippen MR) is 417 cm³/mol. The van der Waals surface area contributed by atoms with E-state index < -0.39 is 53.5 Å². The molecule has 0 saturated carbocycles. The highest BCUT2D eigenvalue weighted by Gasteiger charge is 2.49. The van der Waals surface area contributed by atoms with Gasteiger partial charge in [-0.3, -0.25) is 38.6 Å². The van der Waals surface area contributed by atoms with E-state index in [1.807, 2.05) is 125 Å². The largest absolute Gasteiger partial charge is 0.457 e. The van der Waals surface area contributed by atoms with Crippen LogP contribution in [-0.4, -0.2) is 144 Å². The van der Waals surface area contributed by atoms with Gasteiger partial charge in [0.25, 0.3) is 23.6 Å². The highest BCUT2D eigenvalue weighted by molar-refractivity contribution is 6.45. The number of imide groups is 2. The molecule has 0 bridgehead atoms. The van der Waals surface area contributed by atoms with Crippen LogP contribution in [0.2, 0.25) is 0 Å². The second-order valence-corrected chi connectivity index (χ2v) is 35.2. The van der Waals surface area contributed by atoms with Gasteiger partial charge in [0.05, 0.1) is 66.5 Å². The fraction of sp³-hybridized carbons (Fsp3) is 0.444. The van der Waals surface area contributed by atoms with Gasteiger partial charge in [-0.15, -0.1) is 0 Å². The maximum Gasteiger partial charge on any atom is 0.262 e. The molecule has 18 nitrogen and oxygen atoms in total. The van der Waals surface area contributed by atoms with Crippen molar-refractivity contribution in [2.45, 2.75) is 195 Å².